The molecule has 0 unspecified atom stereocenters. The second kappa shape index (κ2) is 5.21. The molecule has 1 aliphatic rings. The first-order valence-electron chi connectivity index (χ1n) is 5.89. The van der Waals surface area contributed by atoms with Crippen LogP contribution in [0.25, 0.3) is 0 Å². The summed E-state index contributed by atoms with van der Waals surface area (Å²) in [6.45, 7) is 1.78. The highest BCUT2D eigenvalue weighted by atomic mass is 16.5. The maximum atomic E-state index is 5.39. The normalized spacial score (nSPS) is 17.1. The van der Waals surface area contributed by atoms with E-state index in [0.29, 0.717) is 6.04 Å². The monoisotopic (exact) mass is 220 g/mol. The summed E-state index contributed by atoms with van der Waals surface area (Å²) in [6.07, 6.45) is 2.25. The Bertz CT molecular complexity index is 334. The second-order valence-electron chi connectivity index (χ2n) is 4.25. The highest BCUT2D eigenvalue weighted by Gasteiger charge is 2.18. The number of nitrogens with zero attached hydrogens (tertiary/aromatic N) is 1. The summed E-state index contributed by atoms with van der Waals surface area (Å²) in [6, 6.07) is 9.14. The largest absolute Gasteiger partial charge is 0.388 e. The maximum absolute atomic E-state index is 5.39. The number of hydrogen-bond acceptors (Lipinski definition) is 3. The second-order valence-corrected chi connectivity index (χ2v) is 4.25. The molecular weight excluding hydrogens is 200 g/mol. The van der Waals surface area contributed by atoms with Crippen LogP contribution < -0.4 is 10.2 Å². The van der Waals surface area contributed by atoms with Gasteiger partial charge in [0.25, 0.3) is 0 Å². The van der Waals surface area contributed by atoms with E-state index in [4.69, 9.17) is 4.74 Å². The zero-order chi connectivity index (χ0) is 11.4. The highest BCUT2D eigenvalue weighted by molar-refractivity contribution is 5.58. The van der Waals surface area contributed by atoms with Gasteiger partial charge in [0.05, 0.1) is 0 Å². The van der Waals surface area contributed by atoms with Crippen molar-refractivity contribution in [1.29, 1.82) is 0 Å². The van der Waals surface area contributed by atoms with Gasteiger partial charge in [-0.1, -0.05) is 6.07 Å². The average Bonchev–Trinajstić information content (AvgIpc) is 2.39. The molecule has 1 fully saturated rings. The summed E-state index contributed by atoms with van der Waals surface area (Å²) in [5, 5.41) is 3.17. The molecule has 0 amide bonds. The van der Waals surface area contributed by atoms with E-state index >= 15 is 0 Å². The number of ether oxygens (including phenoxy) is 1. The van der Waals surface area contributed by atoms with Crippen LogP contribution in [0.2, 0.25) is 0 Å². The average molecular weight is 220 g/mol. The lowest BCUT2D eigenvalue weighted by Gasteiger charge is -2.33. The summed E-state index contributed by atoms with van der Waals surface area (Å²) in [4.78, 5) is 2.36. The molecule has 0 radical (unpaired) electrons. The topological polar surface area (TPSA) is 24.5 Å². The van der Waals surface area contributed by atoms with Crippen molar-refractivity contribution in [2.75, 3.05) is 37.5 Å². The molecule has 1 aromatic rings. The fraction of sp³-hybridized carbons (Fsp3) is 0.538. The molecule has 0 aromatic heterocycles. The van der Waals surface area contributed by atoms with Gasteiger partial charge in [-0.25, -0.2) is 0 Å². The van der Waals surface area contributed by atoms with E-state index in [1.807, 2.05) is 7.05 Å². The lowest BCUT2D eigenvalue weighted by atomic mass is 10.1. The Hall–Kier alpha value is -1.22. The molecule has 3 nitrogen and oxygen atoms in total. The molecule has 3 heteroatoms. The lowest BCUT2D eigenvalue weighted by molar-refractivity contribution is 0.0855. The molecule has 2 rings (SSSR count). The van der Waals surface area contributed by atoms with Crippen LogP contribution in [0.4, 0.5) is 11.4 Å². The molecule has 1 saturated heterocycles. The standard InChI is InChI=1S/C13H20N2O/c1-14-11-4-3-5-13(10-11)15(2)12-6-8-16-9-7-12/h3-5,10,12,14H,6-9H2,1-2H3. The van der Waals surface area contributed by atoms with Gasteiger partial charge in [-0.3, -0.25) is 0 Å². The van der Waals surface area contributed by atoms with E-state index in [1.165, 1.54) is 5.69 Å². The van der Waals surface area contributed by atoms with Crippen LogP contribution in [0.15, 0.2) is 24.3 Å². The predicted molar refractivity (Wildman–Crippen MR) is 68.2 cm³/mol. The van der Waals surface area contributed by atoms with Crippen molar-refractivity contribution >= 4 is 11.4 Å². The third kappa shape index (κ3) is 2.47. The van der Waals surface area contributed by atoms with Gasteiger partial charge in [0.2, 0.25) is 0 Å². The molecule has 0 saturated carbocycles. The quantitative estimate of drug-likeness (QED) is 0.846. The van der Waals surface area contributed by atoms with Gasteiger partial charge < -0.3 is 15.0 Å². The zero-order valence-electron chi connectivity index (χ0n) is 10.1. The Morgan fingerprint density at radius 1 is 1.31 bits per heavy atom. The highest BCUT2D eigenvalue weighted by Crippen LogP contribution is 2.23. The molecule has 1 aliphatic heterocycles. The van der Waals surface area contributed by atoms with E-state index in [2.05, 4.69) is 41.5 Å². The van der Waals surface area contributed by atoms with Crippen LogP contribution in [0, 0.1) is 0 Å². The predicted octanol–water partition coefficient (Wildman–Crippen LogP) is 2.34. The molecule has 1 aromatic carbocycles. The van der Waals surface area contributed by atoms with Crippen LogP contribution in [0.5, 0.6) is 0 Å². The molecule has 0 spiro atoms. The number of anilines is 2. The number of rotatable bonds is 3. The molecule has 0 bridgehead atoms. The van der Waals surface area contributed by atoms with Crippen molar-refractivity contribution in [2.24, 2.45) is 0 Å². The minimum Gasteiger partial charge on any atom is -0.388 e. The first-order valence-corrected chi connectivity index (χ1v) is 5.89. The van der Waals surface area contributed by atoms with E-state index < -0.39 is 0 Å². The van der Waals surface area contributed by atoms with Crippen LogP contribution in [-0.2, 0) is 4.74 Å². The minimum atomic E-state index is 0.612. The Morgan fingerprint density at radius 2 is 2.06 bits per heavy atom. The van der Waals surface area contributed by atoms with Crippen molar-refractivity contribution in [2.45, 2.75) is 18.9 Å². The summed E-state index contributed by atoms with van der Waals surface area (Å²) in [7, 11) is 4.12. The van der Waals surface area contributed by atoms with Gasteiger partial charge in [-0.05, 0) is 31.0 Å². The molecule has 88 valence electrons. The molecule has 1 N–H and O–H groups in total. The SMILES string of the molecule is CNc1cccc(N(C)C2CCOCC2)c1. The molecular formula is C13H20N2O. The summed E-state index contributed by atoms with van der Waals surface area (Å²) < 4.78 is 5.39. The first-order chi connectivity index (χ1) is 7.81. The van der Waals surface area contributed by atoms with Crippen LogP contribution in [0.3, 0.4) is 0 Å². The van der Waals surface area contributed by atoms with E-state index in [1.54, 1.807) is 0 Å². The van der Waals surface area contributed by atoms with Crippen LogP contribution >= 0.6 is 0 Å². The summed E-state index contributed by atoms with van der Waals surface area (Å²) in [5.74, 6) is 0. The third-order valence-electron chi connectivity index (χ3n) is 3.28. The molecule has 0 atom stereocenters. The number of hydrogen-bond donors (Lipinski definition) is 1. The van der Waals surface area contributed by atoms with Gasteiger partial charge in [-0.2, -0.15) is 0 Å². The molecule has 0 aliphatic carbocycles. The van der Waals surface area contributed by atoms with E-state index in [9.17, 15) is 0 Å². The van der Waals surface area contributed by atoms with Gasteiger partial charge in [0.15, 0.2) is 0 Å². The van der Waals surface area contributed by atoms with Crippen molar-refractivity contribution in [1.82, 2.24) is 0 Å². The summed E-state index contributed by atoms with van der Waals surface area (Å²) in [5.41, 5.74) is 2.44. The maximum Gasteiger partial charge on any atom is 0.0485 e. The zero-order valence-corrected chi connectivity index (χ0v) is 10.1. The Labute approximate surface area is 97.4 Å². The fourth-order valence-corrected chi connectivity index (χ4v) is 2.16. The van der Waals surface area contributed by atoms with Crippen molar-refractivity contribution in [3.8, 4) is 0 Å². The van der Waals surface area contributed by atoms with Gasteiger partial charge in [-0.15, -0.1) is 0 Å². The first kappa shape index (κ1) is 11.3. The van der Waals surface area contributed by atoms with E-state index in [-0.39, 0.29) is 0 Å². The van der Waals surface area contributed by atoms with Crippen LogP contribution in [0.1, 0.15) is 12.8 Å². The molecule has 16 heavy (non-hydrogen) atoms. The molecule has 1 heterocycles. The van der Waals surface area contributed by atoms with Crippen LogP contribution in [-0.4, -0.2) is 33.4 Å². The van der Waals surface area contributed by atoms with Crippen molar-refractivity contribution in [3.63, 3.8) is 0 Å². The number of nitrogens with one attached hydrogen (secondary N) is 1. The Morgan fingerprint density at radius 3 is 2.75 bits per heavy atom. The fourth-order valence-electron chi connectivity index (χ4n) is 2.16. The van der Waals surface area contributed by atoms with Crippen molar-refractivity contribution in [3.05, 3.63) is 24.3 Å². The number of benzene rings is 1. The Balaban J connectivity index is 2.09. The minimum absolute atomic E-state index is 0.612. The van der Waals surface area contributed by atoms with E-state index in [0.717, 1.165) is 31.7 Å². The smallest absolute Gasteiger partial charge is 0.0485 e. The van der Waals surface area contributed by atoms with Gasteiger partial charge >= 0.3 is 0 Å². The Kier molecular flexibility index (Phi) is 3.67. The third-order valence-corrected chi connectivity index (χ3v) is 3.28. The van der Waals surface area contributed by atoms with Gasteiger partial charge in [0, 0.05) is 44.7 Å². The summed E-state index contributed by atoms with van der Waals surface area (Å²) >= 11 is 0. The lowest BCUT2D eigenvalue weighted by Crippen LogP contribution is -2.36. The van der Waals surface area contributed by atoms with Crippen molar-refractivity contribution < 1.29 is 4.74 Å². The van der Waals surface area contributed by atoms with Gasteiger partial charge in [0.1, 0.15) is 0 Å².